The van der Waals surface area contributed by atoms with Crippen molar-refractivity contribution in [3.63, 3.8) is 0 Å². The fourth-order valence-corrected chi connectivity index (χ4v) is 2.18. The van der Waals surface area contributed by atoms with E-state index in [-0.39, 0.29) is 12.5 Å². The molecule has 144 valence electrons. The zero-order valence-electron chi connectivity index (χ0n) is 15.2. The number of aliphatic hydroxyl groups is 1. The minimum absolute atomic E-state index is 0.0724. The van der Waals surface area contributed by atoms with E-state index < -0.39 is 36.7 Å². The minimum atomic E-state index is -1.19. The molecule has 3 atom stereocenters. The SMILES string of the molecule is CC[C@H](C)[C@H](NC(=O)OCc1ccccc1)C(=O)N[C@H](CO)C(=O)OC. The molecular weight excluding hydrogens is 340 g/mol. The number of methoxy groups -OCH3 is 1. The highest BCUT2D eigenvalue weighted by Gasteiger charge is 2.30. The van der Waals surface area contributed by atoms with Gasteiger partial charge in [0, 0.05) is 0 Å². The number of esters is 1. The van der Waals surface area contributed by atoms with Crippen LogP contribution in [0.4, 0.5) is 4.79 Å². The molecule has 2 amide bonds. The molecule has 1 aromatic carbocycles. The lowest BCUT2D eigenvalue weighted by Gasteiger charge is -2.25. The van der Waals surface area contributed by atoms with Gasteiger partial charge in [0.15, 0.2) is 6.04 Å². The molecule has 0 unspecified atom stereocenters. The second-order valence-electron chi connectivity index (χ2n) is 5.84. The van der Waals surface area contributed by atoms with Crippen LogP contribution < -0.4 is 10.6 Å². The van der Waals surface area contributed by atoms with E-state index in [4.69, 9.17) is 4.74 Å². The maximum Gasteiger partial charge on any atom is 0.408 e. The summed E-state index contributed by atoms with van der Waals surface area (Å²) in [5.41, 5.74) is 0.818. The number of benzene rings is 1. The quantitative estimate of drug-likeness (QED) is 0.561. The first-order valence-electron chi connectivity index (χ1n) is 8.39. The number of carbonyl (C=O) groups excluding carboxylic acids is 3. The zero-order chi connectivity index (χ0) is 19.5. The Balaban J connectivity index is 2.68. The van der Waals surface area contributed by atoms with Gasteiger partial charge >= 0.3 is 12.1 Å². The average molecular weight is 366 g/mol. The normalized spacial score (nSPS) is 13.8. The molecule has 0 heterocycles. The lowest BCUT2D eigenvalue weighted by Crippen LogP contribution is -2.55. The molecule has 8 heteroatoms. The Hall–Kier alpha value is -2.61. The number of alkyl carbamates (subject to hydrolysis) is 1. The number of rotatable bonds is 9. The molecule has 1 aromatic rings. The Kier molecular flexibility index (Phi) is 9.14. The number of amides is 2. The van der Waals surface area contributed by atoms with E-state index in [1.54, 1.807) is 6.92 Å². The molecule has 0 saturated carbocycles. The Morgan fingerprint density at radius 1 is 1.15 bits per heavy atom. The lowest BCUT2D eigenvalue weighted by molar-refractivity contribution is -0.146. The smallest absolute Gasteiger partial charge is 0.408 e. The van der Waals surface area contributed by atoms with Gasteiger partial charge in [-0.1, -0.05) is 50.6 Å². The van der Waals surface area contributed by atoms with Crippen molar-refractivity contribution in [2.24, 2.45) is 5.92 Å². The topological polar surface area (TPSA) is 114 Å². The van der Waals surface area contributed by atoms with Gasteiger partial charge in [0.2, 0.25) is 5.91 Å². The minimum Gasteiger partial charge on any atom is -0.467 e. The third kappa shape index (κ3) is 6.72. The monoisotopic (exact) mass is 366 g/mol. The number of ether oxygens (including phenoxy) is 2. The molecule has 1 rings (SSSR count). The number of hydrogen-bond acceptors (Lipinski definition) is 6. The molecule has 0 radical (unpaired) electrons. The van der Waals surface area contributed by atoms with Crippen molar-refractivity contribution in [3.8, 4) is 0 Å². The van der Waals surface area contributed by atoms with Crippen LogP contribution >= 0.6 is 0 Å². The van der Waals surface area contributed by atoms with Crippen LogP contribution in [0.2, 0.25) is 0 Å². The molecular formula is C18H26N2O6. The van der Waals surface area contributed by atoms with Crippen molar-refractivity contribution in [3.05, 3.63) is 35.9 Å². The summed E-state index contributed by atoms with van der Waals surface area (Å²) in [6.45, 7) is 3.12. The standard InChI is InChI=1S/C18H26N2O6/c1-4-12(2)15(16(22)19-14(10-21)17(23)25-3)20-18(24)26-11-13-8-6-5-7-9-13/h5-9,12,14-15,21H,4,10-11H2,1-3H3,(H,19,22)(H,20,24)/t12-,14+,15-/m0/s1. The van der Waals surface area contributed by atoms with Gasteiger partial charge < -0.3 is 25.2 Å². The van der Waals surface area contributed by atoms with E-state index in [0.29, 0.717) is 6.42 Å². The number of hydrogen-bond donors (Lipinski definition) is 3. The van der Waals surface area contributed by atoms with Gasteiger partial charge in [-0.15, -0.1) is 0 Å². The van der Waals surface area contributed by atoms with Crippen molar-refractivity contribution in [1.82, 2.24) is 10.6 Å². The van der Waals surface area contributed by atoms with Crippen LogP contribution in [0.25, 0.3) is 0 Å². The summed E-state index contributed by atoms with van der Waals surface area (Å²) in [6, 6.07) is 7.03. The van der Waals surface area contributed by atoms with Crippen molar-refractivity contribution >= 4 is 18.0 Å². The van der Waals surface area contributed by atoms with Crippen LogP contribution in [0, 0.1) is 5.92 Å². The Bertz CT molecular complexity index is 593. The first-order chi connectivity index (χ1) is 12.4. The predicted octanol–water partition coefficient (Wildman–Crippen LogP) is 0.978. The van der Waals surface area contributed by atoms with Gasteiger partial charge in [-0.3, -0.25) is 4.79 Å². The molecule has 0 bridgehead atoms. The zero-order valence-corrected chi connectivity index (χ0v) is 15.2. The van der Waals surface area contributed by atoms with E-state index in [0.717, 1.165) is 12.7 Å². The average Bonchev–Trinajstić information content (AvgIpc) is 2.67. The van der Waals surface area contributed by atoms with Crippen LogP contribution in [0.5, 0.6) is 0 Å². The van der Waals surface area contributed by atoms with Crippen LogP contribution in [0.1, 0.15) is 25.8 Å². The van der Waals surface area contributed by atoms with E-state index >= 15 is 0 Å². The van der Waals surface area contributed by atoms with Crippen LogP contribution in [-0.2, 0) is 25.7 Å². The second-order valence-corrected chi connectivity index (χ2v) is 5.84. The summed E-state index contributed by atoms with van der Waals surface area (Å²) in [7, 11) is 1.16. The Morgan fingerprint density at radius 3 is 2.35 bits per heavy atom. The Labute approximate surface area is 152 Å². The fourth-order valence-electron chi connectivity index (χ4n) is 2.18. The first kappa shape index (κ1) is 21.4. The molecule has 0 aliphatic rings. The van der Waals surface area contributed by atoms with Crippen LogP contribution in [0.3, 0.4) is 0 Å². The summed E-state index contributed by atoms with van der Waals surface area (Å²) in [5, 5.41) is 14.1. The molecule has 26 heavy (non-hydrogen) atoms. The van der Waals surface area contributed by atoms with Crippen molar-refractivity contribution in [2.45, 2.75) is 39.0 Å². The molecule has 0 aliphatic carbocycles. The molecule has 3 N–H and O–H groups in total. The summed E-state index contributed by atoms with van der Waals surface area (Å²) in [5.74, 6) is -1.58. The van der Waals surface area contributed by atoms with E-state index in [1.807, 2.05) is 37.3 Å². The third-order valence-corrected chi connectivity index (χ3v) is 3.97. The molecule has 0 aromatic heterocycles. The largest absolute Gasteiger partial charge is 0.467 e. The van der Waals surface area contributed by atoms with Crippen molar-refractivity contribution in [2.75, 3.05) is 13.7 Å². The lowest BCUT2D eigenvalue weighted by atomic mass is 9.98. The van der Waals surface area contributed by atoms with Gasteiger partial charge in [-0.05, 0) is 11.5 Å². The third-order valence-electron chi connectivity index (χ3n) is 3.97. The Morgan fingerprint density at radius 2 is 1.81 bits per heavy atom. The van der Waals surface area contributed by atoms with E-state index in [1.165, 1.54) is 0 Å². The van der Waals surface area contributed by atoms with Crippen LogP contribution in [-0.4, -0.2) is 48.9 Å². The van der Waals surface area contributed by atoms with E-state index in [9.17, 15) is 19.5 Å². The number of aliphatic hydroxyl groups excluding tert-OH is 1. The molecule has 0 saturated heterocycles. The maximum absolute atomic E-state index is 12.4. The fraction of sp³-hybridized carbons (Fsp3) is 0.500. The van der Waals surface area contributed by atoms with Gasteiger partial charge in [-0.2, -0.15) is 0 Å². The maximum atomic E-state index is 12.4. The highest BCUT2D eigenvalue weighted by atomic mass is 16.5. The first-order valence-corrected chi connectivity index (χ1v) is 8.39. The number of nitrogens with one attached hydrogen (secondary N) is 2. The van der Waals surface area contributed by atoms with Gasteiger partial charge in [0.05, 0.1) is 13.7 Å². The highest BCUT2D eigenvalue weighted by Crippen LogP contribution is 2.09. The van der Waals surface area contributed by atoms with Crippen molar-refractivity contribution < 1.29 is 29.0 Å². The molecule has 8 nitrogen and oxygen atoms in total. The van der Waals surface area contributed by atoms with Crippen LogP contribution in [0.15, 0.2) is 30.3 Å². The number of carbonyl (C=O) groups is 3. The van der Waals surface area contributed by atoms with Gasteiger partial charge in [0.1, 0.15) is 12.6 Å². The summed E-state index contributed by atoms with van der Waals surface area (Å²) in [6.07, 6.45) is -0.132. The summed E-state index contributed by atoms with van der Waals surface area (Å²) >= 11 is 0. The molecule has 0 fully saturated rings. The van der Waals surface area contributed by atoms with Gasteiger partial charge in [0.25, 0.3) is 0 Å². The molecule has 0 spiro atoms. The van der Waals surface area contributed by atoms with E-state index in [2.05, 4.69) is 15.4 Å². The predicted molar refractivity (Wildman–Crippen MR) is 94.0 cm³/mol. The van der Waals surface area contributed by atoms with Gasteiger partial charge in [-0.25, -0.2) is 9.59 Å². The second kappa shape index (κ2) is 11.1. The molecule has 0 aliphatic heterocycles. The van der Waals surface area contributed by atoms with Crippen molar-refractivity contribution in [1.29, 1.82) is 0 Å². The summed E-state index contributed by atoms with van der Waals surface area (Å²) in [4.78, 5) is 36.0. The summed E-state index contributed by atoms with van der Waals surface area (Å²) < 4.78 is 9.65. The highest BCUT2D eigenvalue weighted by molar-refractivity contribution is 5.89.